The van der Waals surface area contributed by atoms with Crippen LogP contribution in [0.25, 0.3) is 0 Å². The minimum absolute atomic E-state index is 0. The van der Waals surface area contributed by atoms with Crippen LogP contribution in [-0.2, 0) is 32.9 Å². The third-order valence-corrected chi connectivity index (χ3v) is 8.33. The molecule has 6 rings (SSSR count). The van der Waals surface area contributed by atoms with Crippen molar-refractivity contribution in [1.29, 1.82) is 0 Å². The quantitative estimate of drug-likeness (QED) is 0.0490. The Kier molecular flexibility index (Phi) is 19.9. The fourth-order valence-corrected chi connectivity index (χ4v) is 5.38. The van der Waals surface area contributed by atoms with Crippen molar-refractivity contribution in [3.63, 3.8) is 0 Å². The topological polar surface area (TPSA) is 215 Å². The Morgan fingerprint density at radius 2 is 0.576 bits per heavy atom. The van der Waals surface area contributed by atoms with E-state index in [0.717, 1.165) is 0 Å². The third-order valence-electron chi connectivity index (χ3n) is 8.33. The molecular weight excluding hydrogens is 784 g/mol. The van der Waals surface area contributed by atoms with Crippen LogP contribution in [0.5, 0.6) is 0 Å². The zero-order chi connectivity index (χ0) is 42.6. The van der Waals surface area contributed by atoms with Crippen molar-refractivity contribution in [1.82, 2.24) is 0 Å². The molecule has 11 heteroatoms. The molecule has 0 radical (unpaired) electrons. The first kappa shape index (κ1) is 48.5. The molecule has 0 atom stereocenters. The molecule has 0 heterocycles. The van der Waals surface area contributed by atoms with Crippen molar-refractivity contribution in [3.8, 4) is 0 Å². The summed E-state index contributed by atoms with van der Waals surface area (Å²) in [6.45, 7) is 3.03. The summed E-state index contributed by atoms with van der Waals surface area (Å²) in [7, 11) is 0. The summed E-state index contributed by atoms with van der Waals surface area (Å²) >= 11 is 0. The normalized spacial score (nSPS) is 10.1. The second kappa shape index (κ2) is 24.2. The van der Waals surface area contributed by atoms with Crippen LogP contribution in [0.15, 0.2) is 182 Å². The molecule has 6 aromatic carbocycles. The number of hydrogen-bond donors (Lipinski definition) is 2. The number of carbonyl (C=O) groups excluding carboxylic acids is 4. The van der Waals surface area contributed by atoms with Gasteiger partial charge < -0.3 is 39.6 Å². The molecule has 300 valence electrons. The van der Waals surface area contributed by atoms with E-state index in [1.165, 1.54) is 26.7 Å². The number of carboxylic acid groups (broad SMARTS) is 2. The molecular formula is C48H50O10Ti+6. The average Bonchev–Trinajstić information content (AvgIpc) is 3.25. The van der Waals surface area contributed by atoms with Gasteiger partial charge in [0.2, 0.25) is 23.1 Å². The summed E-state index contributed by atoms with van der Waals surface area (Å²) < 4.78 is 0. The first-order chi connectivity index (χ1) is 27.7. The van der Waals surface area contributed by atoms with E-state index in [1.54, 1.807) is 121 Å². The van der Waals surface area contributed by atoms with E-state index in [1.807, 2.05) is 60.7 Å². The zero-order valence-electron chi connectivity index (χ0n) is 32.6. The van der Waals surface area contributed by atoms with Crippen molar-refractivity contribution in [2.45, 2.75) is 25.0 Å². The van der Waals surface area contributed by atoms with Crippen LogP contribution in [-0.4, -0.2) is 84.3 Å². The van der Waals surface area contributed by atoms with Crippen LogP contribution in [0.2, 0.25) is 0 Å². The molecule has 0 saturated heterocycles. The largest absolute Gasteiger partial charge is 0.578 e. The van der Waals surface area contributed by atoms with Gasteiger partial charge in [0.05, 0.1) is 22.3 Å². The maximum absolute atomic E-state index is 9.46. The predicted octanol–water partition coefficient (Wildman–Crippen LogP) is 6.13. The van der Waals surface area contributed by atoms with Crippen molar-refractivity contribution in [3.05, 3.63) is 228 Å². The molecule has 0 unspecified atom stereocenters. The molecule has 0 saturated carbocycles. The maximum atomic E-state index is 9.46. The van der Waals surface area contributed by atoms with E-state index in [-0.39, 0.29) is 44.9 Å². The van der Waals surface area contributed by atoms with Crippen molar-refractivity contribution in [2.24, 2.45) is 0 Å². The summed E-state index contributed by atoms with van der Waals surface area (Å²) in [6, 6.07) is 53.2. The minimum atomic E-state index is -1.64. The summed E-state index contributed by atoms with van der Waals surface area (Å²) in [5, 5.41) is 35.6. The molecule has 59 heavy (non-hydrogen) atoms. The van der Waals surface area contributed by atoms with E-state index in [9.17, 15) is 29.4 Å². The number of benzene rings is 6. The van der Waals surface area contributed by atoms with Crippen molar-refractivity contribution in [2.75, 3.05) is 0 Å². The van der Waals surface area contributed by atoms with Crippen LogP contribution in [0.1, 0.15) is 47.2 Å². The van der Waals surface area contributed by atoms with Gasteiger partial charge in [-0.2, -0.15) is 0 Å². The molecule has 0 spiro atoms. The van der Waals surface area contributed by atoms with Gasteiger partial charge in [0, 0.05) is 35.6 Å². The smallest absolute Gasteiger partial charge is 0.421 e. The van der Waals surface area contributed by atoms with Gasteiger partial charge in [-0.05, 0) is 61.4 Å². The zero-order valence-corrected chi connectivity index (χ0v) is 34.1. The Hall–Kier alpha value is -6.69. The van der Waals surface area contributed by atoms with Gasteiger partial charge in [-0.15, -0.1) is 24.3 Å². The SMILES string of the molecule is CC(=[OH+])[CH-]C(=[OH+])c1ccccc1.CC(=[OH+])[CH-]C(=[OH+])c1ccccc1.OC(=[OH+])C([OH2+])(c1ccccc1)c1ccccc1.OC(=[OH+])C([OH2+])(c1ccccc1)c1ccccc1.[Ti]. The van der Waals surface area contributed by atoms with E-state index >= 15 is 0 Å². The van der Waals surface area contributed by atoms with Crippen LogP contribution < -0.4 is 0 Å². The van der Waals surface area contributed by atoms with Crippen LogP contribution in [0, 0.1) is 12.8 Å². The molecule has 10 nitrogen and oxygen atoms in total. The van der Waals surface area contributed by atoms with Gasteiger partial charge in [0.25, 0.3) is 0 Å². The monoisotopic (exact) mass is 834 g/mol. The molecule has 0 aliphatic heterocycles. The Labute approximate surface area is 357 Å². The molecule has 6 aromatic rings. The number of ketones is 4. The van der Waals surface area contributed by atoms with Crippen LogP contribution >= 0.6 is 0 Å². The summed E-state index contributed by atoms with van der Waals surface area (Å²) in [6.07, 6.45) is 2.63. The maximum Gasteiger partial charge on any atom is 0.578 e. The molecule has 0 aliphatic rings. The third kappa shape index (κ3) is 14.3. The standard InChI is InChI=1S/2C14H12O3.2C10H9O2.Ti/c2*15-13(16)14(17,11-7-3-1-4-8-11)12-9-5-2-6-10-12;2*1-8(11)7-10(12)9-5-3-2-4-6-9;/h2*1-10,17H,(H,15,16);2*2-7H,1H3;/q;;2*-1;/p+8. The van der Waals surface area contributed by atoms with Gasteiger partial charge in [0.15, 0.2) is 0 Å². The minimum Gasteiger partial charge on any atom is -0.421 e. The van der Waals surface area contributed by atoms with Gasteiger partial charge in [0.1, 0.15) is 0 Å². The van der Waals surface area contributed by atoms with Gasteiger partial charge in [-0.1, -0.05) is 120 Å². The Morgan fingerprint density at radius 3 is 0.746 bits per heavy atom. The summed E-state index contributed by atoms with van der Waals surface area (Å²) in [4.78, 5) is 55.4. The van der Waals surface area contributed by atoms with Crippen molar-refractivity contribution < 1.29 is 70.9 Å². The van der Waals surface area contributed by atoms with Crippen LogP contribution in [0.3, 0.4) is 0 Å². The Morgan fingerprint density at radius 1 is 0.390 bits per heavy atom. The molecule has 0 bridgehead atoms. The second-order valence-corrected chi connectivity index (χ2v) is 12.7. The van der Waals surface area contributed by atoms with E-state index in [4.69, 9.17) is 19.8 Å². The fraction of sp³-hybridized carbons (Fsp3) is 0.0833. The number of carboxylic acids is 2. The number of rotatable bonds is 12. The first-order valence-corrected chi connectivity index (χ1v) is 17.9. The molecule has 0 amide bonds. The summed E-state index contributed by atoms with van der Waals surface area (Å²) in [5.74, 6) is -1.50. The fourth-order valence-electron chi connectivity index (χ4n) is 5.38. The molecule has 0 aliphatic carbocycles. The second-order valence-electron chi connectivity index (χ2n) is 12.7. The number of hydrogen-bond acceptors (Lipinski definition) is 0. The van der Waals surface area contributed by atoms with Crippen molar-refractivity contribution >= 4 is 35.1 Å². The first-order valence-electron chi connectivity index (χ1n) is 17.9. The van der Waals surface area contributed by atoms with Gasteiger partial charge in [-0.25, -0.2) is 0 Å². The number of aliphatic carboxylic acids is 2. The van der Waals surface area contributed by atoms with Gasteiger partial charge in [-0.3, -0.25) is 9.59 Å². The Bertz CT molecular complexity index is 1990. The van der Waals surface area contributed by atoms with E-state index < -0.39 is 23.1 Å². The number of aliphatic hydroxyl groups excluding tert-OH is 2. The molecule has 0 aromatic heterocycles. The predicted molar refractivity (Wildman–Crippen MR) is 233 cm³/mol. The van der Waals surface area contributed by atoms with E-state index in [0.29, 0.717) is 33.4 Å². The summed E-state index contributed by atoms with van der Waals surface area (Å²) in [5.41, 5.74) is 0.206. The van der Waals surface area contributed by atoms with E-state index in [2.05, 4.69) is 0 Å². The Balaban J connectivity index is 0.000000274. The molecule has 12 N–H and O–H groups in total. The van der Waals surface area contributed by atoms with Crippen LogP contribution in [0.4, 0.5) is 0 Å². The molecule has 0 fully saturated rings. The average molecular weight is 835 g/mol. The van der Waals surface area contributed by atoms with Gasteiger partial charge >= 0.3 is 23.1 Å².